The molecule has 1 amide bonds. The van der Waals surface area contributed by atoms with Gasteiger partial charge in [-0.2, -0.15) is 4.39 Å². The van der Waals surface area contributed by atoms with Crippen molar-refractivity contribution in [1.29, 1.82) is 0 Å². The minimum atomic E-state index is -0.632. The van der Waals surface area contributed by atoms with Crippen molar-refractivity contribution < 1.29 is 9.18 Å². The molecular formula is C10H9FN2O. The van der Waals surface area contributed by atoms with Crippen molar-refractivity contribution in [2.24, 2.45) is 5.73 Å². The highest BCUT2D eigenvalue weighted by molar-refractivity contribution is 5.76. The smallest absolute Gasteiger partial charge is 0.229 e. The molecule has 0 bridgehead atoms. The first kappa shape index (κ1) is 10.2. The molecule has 0 atom stereocenters. The molecule has 0 aromatic carbocycles. The Morgan fingerprint density at radius 3 is 3.07 bits per heavy atom. The Kier molecular flexibility index (Phi) is 3.19. The van der Waals surface area contributed by atoms with E-state index in [9.17, 15) is 9.18 Å². The summed E-state index contributed by atoms with van der Waals surface area (Å²) < 4.78 is 13.0. The van der Waals surface area contributed by atoms with Crippen LogP contribution in [0.1, 0.15) is 17.5 Å². The molecule has 0 radical (unpaired) electrons. The number of nitrogens with two attached hydrogens (primary N) is 1. The number of hydrogen-bond donors (Lipinski definition) is 1. The van der Waals surface area contributed by atoms with Crippen LogP contribution in [0.25, 0.3) is 0 Å². The molecule has 0 unspecified atom stereocenters. The second kappa shape index (κ2) is 4.38. The highest BCUT2D eigenvalue weighted by Gasteiger charge is 1.99. The van der Waals surface area contributed by atoms with E-state index in [0.29, 0.717) is 0 Å². The number of carbonyl (C=O) groups excluding carboxylic acids is 1. The Morgan fingerprint density at radius 1 is 1.71 bits per heavy atom. The summed E-state index contributed by atoms with van der Waals surface area (Å²) >= 11 is 0. The average molecular weight is 192 g/mol. The lowest BCUT2D eigenvalue weighted by Gasteiger charge is -1.94. The van der Waals surface area contributed by atoms with Crippen molar-refractivity contribution in [3.8, 4) is 11.8 Å². The van der Waals surface area contributed by atoms with Crippen molar-refractivity contribution in [2.45, 2.75) is 13.3 Å². The molecule has 1 heterocycles. The topological polar surface area (TPSA) is 56.0 Å². The maximum atomic E-state index is 13.0. The van der Waals surface area contributed by atoms with Gasteiger partial charge in [0.25, 0.3) is 0 Å². The average Bonchev–Trinajstić information content (AvgIpc) is 2.10. The maximum absolute atomic E-state index is 13.0. The second-order valence-electron chi connectivity index (χ2n) is 2.80. The molecule has 0 fully saturated rings. The van der Waals surface area contributed by atoms with Crippen LogP contribution in [-0.4, -0.2) is 10.9 Å². The van der Waals surface area contributed by atoms with Crippen LogP contribution < -0.4 is 5.73 Å². The number of carbonyl (C=O) groups is 1. The lowest BCUT2D eigenvalue weighted by Crippen LogP contribution is -2.08. The number of aromatic nitrogens is 1. The minimum absolute atomic E-state index is 0.0760. The van der Waals surface area contributed by atoms with Crippen molar-refractivity contribution in [2.75, 3.05) is 0 Å². The summed E-state index contributed by atoms with van der Waals surface area (Å²) in [5.41, 5.74) is 5.87. The molecule has 0 aliphatic carbocycles. The van der Waals surface area contributed by atoms with Crippen molar-refractivity contribution in [3.63, 3.8) is 0 Å². The molecule has 0 aliphatic heterocycles. The van der Waals surface area contributed by atoms with Crippen LogP contribution in [-0.2, 0) is 4.79 Å². The van der Waals surface area contributed by atoms with Gasteiger partial charge in [0.2, 0.25) is 11.9 Å². The SMILES string of the molecule is Cc1cnc(F)c(C#CCC(N)=O)c1. The molecule has 3 nitrogen and oxygen atoms in total. The summed E-state index contributed by atoms with van der Waals surface area (Å²) in [6, 6.07) is 1.57. The molecule has 0 saturated heterocycles. The highest BCUT2D eigenvalue weighted by Crippen LogP contribution is 2.04. The lowest BCUT2D eigenvalue weighted by molar-refractivity contribution is -0.117. The van der Waals surface area contributed by atoms with E-state index in [4.69, 9.17) is 5.73 Å². The molecule has 0 spiro atoms. The van der Waals surface area contributed by atoms with Gasteiger partial charge in [-0.05, 0) is 18.6 Å². The number of rotatable bonds is 1. The molecule has 1 aromatic rings. The summed E-state index contributed by atoms with van der Waals surface area (Å²) in [4.78, 5) is 13.8. The molecule has 2 N–H and O–H groups in total. The van der Waals surface area contributed by atoms with Crippen LogP contribution in [0.2, 0.25) is 0 Å². The van der Waals surface area contributed by atoms with Crippen LogP contribution in [0.4, 0.5) is 4.39 Å². The number of halogens is 1. The van der Waals surface area contributed by atoms with Crippen LogP contribution in [0.15, 0.2) is 12.3 Å². The van der Waals surface area contributed by atoms with E-state index < -0.39 is 11.9 Å². The van der Waals surface area contributed by atoms with Crippen molar-refractivity contribution in [1.82, 2.24) is 4.98 Å². The summed E-state index contributed by atoms with van der Waals surface area (Å²) in [7, 11) is 0. The van der Waals surface area contributed by atoms with Gasteiger partial charge in [-0.3, -0.25) is 4.79 Å². The number of pyridine rings is 1. The number of nitrogens with zero attached hydrogens (tertiary/aromatic N) is 1. The highest BCUT2D eigenvalue weighted by atomic mass is 19.1. The zero-order valence-corrected chi connectivity index (χ0v) is 7.67. The Hall–Kier alpha value is -1.89. The first-order valence-electron chi connectivity index (χ1n) is 3.99. The zero-order chi connectivity index (χ0) is 10.6. The Balaban J connectivity index is 2.88. The van der Waals surface area contributed by atoms with Gasteiger partial charge < -0.3 is 5.73 Å². The van der Waals surface area contributed by atoms with Gasteiger partial charge in [-0.1, -0.05) is 11.8 Å². The molecule has 0 aliphatic rings. The lowest BCUT2D eigenvalue weighted by atomic mass is 10.2. The fourth-order valence-electron chi connectivity index (χ4n) is 0.867. The van der Waals surface area contributed by atoms with E-state index in [1.54, 1.807) is 13.0 Å². The maximum Gasteiger partial charge on any atom is 0.229 e. The van der Waals surface area contributed by atoms with Crippen molar-refractivity contribution in [3.05, 3.63) is 29.3 Å². The standard InChI is InChI=1S/C10H9FN2O/c1-7-5-8(10(11)13-6-7)3-2-4-9(12)14/h5-6H,4H2,1H3,(H2,12,14). The van der Waals surface area contributed by atoms with E-state index in [1.165, 1.54) is 6.20 Å². The third kappa shape index (κ3) is 2.87. The zero-order valence-electron chi connectivity index (χ0n) is 7.67. The van der Waals surface area contributed by atoms with Crippen LogP contribution in [0.5, 0.6) is 0 Å². The number of hydrogen-bond acceptors (Lipinski definition) is 2. The van der Waals surface area contributed by atoms with Crippen molar-refractivity contribution >= 4 is 5.91 Å². The molecular weight excluding hydrogens is 183 g/mol. The molecule has 1 rings (SSSR count). The molecule has 0 saturated carbocycles. The fraction of sp³-hybridized carbons (Fsp3) is 0.200. The molecule has 4 heteroatoms. The Morgan fingerprint density at radius 2 is 2.43 bits per heavy atom. The third-order valence-corrected chi connectivity index (χ3v) is 1.46. The van der Waals surface area contributed by atoms with E-state index in [1.807, 2.05) is 0 Å². The van der Waals surface area contributed by atoms with Crippen LogP contribution >= 0.6 is 0 Å². The van der Waals surface area contributed by atoms with Gasteiger partial charge in [0.1, 0.15) is 0 Å². The third-order valence-electron chi connectivity index (χ3n) is 1.46. The quantitative estimate of drug-likeness (QED) is 0.527. The monoisotopic (exact) mass is 192 g/mol. The van der Waals surface area contributed by atoms with Gasteiger partial charge in [0.15, 0.2) is 0 Å². The van der Waals surface area contributed by atoms with E-state index in [2.05, 4.69) is 16.8 Å². The second-order valence-corrected chi connectivity index (χ2v) is 2.80. The first-order valence-corrected chi connectivity index (χ1v) is 3.99. The number of amides is 1. The number of primary amides is 1. The fourth-order valence-corrected chi connectivity index (χ4v) is 0.867. The predicted octanol–water partition coefficient (Wildman–Crippen LogP) is 0.756. The predicted molar refractivity (Wildman–Crippen MR) is 49.6 cm³/mol. The van der Waals surface area contributed by atoms with E-state index >= 15 is 0 Å². The summed E-state index contributed by atoms with van der Waals surface area (Å²) in [6.07, 6.45) is 1.34. The Bertz CT molecular complexity index is 418. The number of aryl methyl sites for hydroxylation is 1. The van der Waals surface area contributed by atoms with Crippen LogP contribution in [0, 0.1) is 24.7 Å². The Labute approximate surface area is 81.1 Å². The summed E-state index contributed by atoms with van der Waals surface area (Å²) in [5, 5.41) is 0. The first-order chi connectivity index (χ1) is 6.59. The van der Waals surface area contributed by atoms with Gasteiger partial charge in [-0.25, -0.2) is 4.98 Å². The van der Waals surface area contributed by atoms with Gasteiger partial charge >= 0.3 is 0 Å². The van der Waals surface area contributed by atoms with E-state index in [-0.39, 0.29) is 12.0 Å². The van der Waals surface area contributed by atoms with E-state index in [0.717, 1.165) is 5.56 Å². The molecule has 72 valence electrons. The van der Waals surface area contributed by atoms with Crippen LogP contribution in [0.3, 0.4) is 0 Å². The normalized spacial score (nSPS) is 9.00. The minimum Gasteiger partial charge on any atom is -0.369 e. The van der Waals surface area contributed by atoms with Gasteiger partial charge in [-0.15, -0.1) is 0 Å². The van der Waals surface area contributed by atoms with Gasteiger partial charge in [0.05, 0.1) is 12.0 Å². The molecule has 1 aromatic heterocycles. The molecule has 14 heavy (non-hydrogen) atoms. The summed E-state index contributed by atoms with van der Waals surface area (Å²) in [6.45, 7) is 1.78. The largest absolute Gasteiger partial charge is 0.369 e. The summed E-state index contributed by atoms with van der Waals surface area (Å²) in [5.74, 6) is 3.80. The van der Waals surface area contributed by atoms with Gasteiger partial charge in [0, 0.05) is 6.20 Å².